The van der Waals surface area contributed by atoms with Crippen molar-refractivity contribution in [2.75, 3.05) is 0 Å². The topological polar surface area (TPSA) is 38.0 Å². The normalized spacial score (nSPS) is 18.5. The SMILES string of the molecule is NNC(CC1CCCC1)c1c(F)cccc1Br. The highest BCUT2D eigenvalue weighted by Crippen LogP contribution is 2.35. The molecule has 1 unspecified atom stereocenters. The molecule has 0 aromatic heterocycles. The molecule has 1 aromatic carbocycles. The minimum absolute atomic E-state index is 0.103. The summed E-state index contributed by atoms with van der Waals surface area (Å²) in [5.41, 5.74) is 3.41. The van der Waals surface area contributed by atoms with Crippen molar-refractivity contribution in [3.8, 4) is 0 Å². The van der Waals surface area contributed by atoms with Gasteiger partial charge in [0.2, 0.25) is 0 Å². The Morgan fingerprint density at radius 1 is 1.41 bits per heavy atom. The molecule has 1 aliphatic rings. The molecule has 1 aliphatic carbocycles. The van der Waals surface area contributed by atoms with Gasteiger partial charge >= 0.3 is 0 Å². The molecular weight excluding hydrogens is 283 g/mol. The second-order valence-electron chi connectivity index (χ2n) is 4.74. The summed E-state index contributed by atoms with van der Waals surface area (Å²) in [5, 5.41) is 0. The zero-order chi connectivity index (χ0) is 12.3. The van der Waals surface area contributed by atoms with Crippen molar-refractivity contribution in [2.45, 2.75) is 38.1 Å². The summed E-state index contributed by atoms with van der Waals surface area (Å²) >= 11 is 3.40. The molecule has 1 fully saturated rings. The highest BCUT2D eigenvalue weighted by Gasteiger charge is 2.23. The van der Waals surface area contributed by atoms with Gasteiger partial charge in [-0.2, -0.15) is 0 Å². The molecule has 2 nitrogen and oxygen atoms in total. The minimum Gasteiger partial charge on any atom is -0.271 e. The molecule has 0 spiro atoms. The van der Waals surface area contributed by atoms with Crippen LogP contribution in [0.15, 0.2) is 22.7 Å². The molecule has 1 atom stereocenters. The molecular formula is C13H18BrFN2. The van der Waals surface area contributed by atoms with Gasteiger partial charge in [0, 0.05) is 10.0 Å². The average Bonchev–Trinajstić information content (AvgIpc) is 2.80. The fraction of sp³-hybridized carbons (Fsp3) is 0.538. The molecule has 94 valence electrons. The van der Waals surface area contributed by atoms with Crippen LogP contribution in [0, 0.1) is 11.7 Å². The van der Waals surface area contributed by atoms with Crippen LogP contribution in [0.3, 0.4) is 0 Å². The Kier molecular flexibility index (Phi) is 4.54. The lowest BCUT2D eigenvalue weighted by Crippen LogP contribution is -2.30. The van der Waals surface area contributed by atoms with Crippen molar-refractivity contribution in [3.05, 3.63) is 34.1 Å². The van der Waals surface area contributed by atoms with Crippen molar-refractivity contribution in [1.29, 1.82) is 0 Å². The van der Waals surface area contributed by atoms with Crippen LogP contribution in [0.5, 0.6) is 0 Å². The van der Waals surface area contributed by atoms with E-state index < -0.39 is 0 Å². The van der Waals surface area contributed by atoms with Crippen LogP contribution in [-0.2, 0) is 0 Å². The van der Waals surface area contributed by atoms with Crippen LogP contribution in [0.25, 0.3) is 0 Å². The molecule has 0 bridgehead atoms. The Hall–Kier alpha value is -0.450. The largest absolute Gasteiger partial charge is 0.271 e. The van der Waals surface area contributed by atoms with Gasteiger partial charge in [-0.15, -0.1) is 0 Å². The van der Waals surface area contributed by atoms with Crippen molar-refractivity contribution in [3.63, 3.8) is 0 Å². The third-order valence-electron chi connectivity index (χ3n) is 3.59. The number of hydrogen-bond acceptors (Lipinski definition) is 2. The van der Waals surface area contributed by atoms with Gasteiger partial charge in [-0.1, -0.05) is 47.7 Å². The predicted octanol–water partition coefficient (Wildman–Crippen LogP) is 3.67. The fourth-order valence-electron chi connectivity index (χ4n) is 2.69. The van der Waals surface area contributed by atoms with Gasteiger partial charge in [-0.3, -0.25) is 11.3 Å². The van der Waals surface area contributed by atoms with Gasteiger partial charge in [0.15, 0.2) is 0 Å². The van der Waals surface area contributed by atoms with Crippen LogP contribution in [0.2, 0.25) is 0 Å². The van der Waals surface area contributed by atoms with Crippen LogP contribution < -0.4 is 11.3 Å². The summed E-state index contributed by atoms with van der Waals surface area (Å²) in [7, 11) is 0. The fourth-order valence-corrected chi connectivity index (χ4v) is 3.31. The maximum absolute atomic E-state index is 13.8. The van der Waals surface area contributed by atoms with E-state index in [4.69, 9.17) is 5.84 Å². The maximum Gasteiger partial charge on any atom is 0.129 e. The van der Waals surface area contributed by atoms with E-state index in [1.165, 1.54) is 31.7 Å². The van der Waals surface area contributed by atoms with Crippen LogP contribution in [0.4, 0.5) is 4.39 Å². The number of benzene rings is 1. The van der Waals surface area contributed by atoms with E-state index in [9.17, 15) is 4.39 Å². The molecule has 0 amide bonds. The quantitative estimate of drug-likeness (QED) is 0.658. The van der Waals surface area contributed by atoms with Gasteiger partial charge < -0.3 is 0 Å². The first-order valence-corrected chi connectivity index (χ1v) is 6.91. The lowest BCUT2D eigenvalue weighted by molar-refractivity contribution is 0.389. The molecule has 3 N–H and O–H groups in total. The average molecular weight is 301 g/mol. The van der Waals surface area contributed by atoms with E-state index in [0.717, 1.165) is 10.9 Å². The molecule has 0 radical (unpaired) electrons. The van der Waals surface area contributed by atoms with Crippen molar-refractivity contribution in [1.82, 2.24) is 5.43 Å². The zero-order valence-corrected chi connectivity index (χ0v) is 11.3. The number of nitrogens with two attached hydrogens (primary N) is 1. The zero-order valence-electron chi connectivity index (χ0n) is 9.76. The van der Waals surface area contributed by atoms with E-state index in [-0.39, 0.29) is 11.9 Å². The van der Waals surface area contributed by atoms with Crippen LogP contribution >= 0.6 is 15.9 Å². The van der Waals surface area contributed by atoms with Gasteiger partial charge in [-0.25, -0.2) is 4.39 Å². The molecule has 17 heavy (non-hydrogen) atoms. The Bertz CT molecular complexity index is 357. The van der Waals surface area contributed by atoms with Crippen LogP contribution in [-0.4, -0.2) is 0 Å². The van der Waals surface area contributed by atoms with E-state index in [1.54, 1.807) is 6.07 Å². The Morgan fingerprint density at radius 3 is 2.71 bits per heavy atom. The van der Waals surface area contributed by atoms with Crippen molar-refractivity contribution < 1.29 is 4.39 Å². The molecule has 4 heteroatoms. The van der Waals surface area contributed by atoms with Gasteiger partial charge in [0.25, 0.3) is 0 Å². The van der Waals surface area contributed by atoms with Gasteiger partial charge in [-0.05, 0) is 24.5 Å². The summed E-state index contributed by atoms with van der Waals surface area (Å²) in [4.78, 5) is 0. The first-order chi connectivity index (χ1) is 8.22. The lowest BCUT2D eigenvalue weighted by Gasteiger charge is -2.21. The lowest BCUT2D eigenvalue weighted by atomic mass is 9.94. The standard InChI is InChI=1S/C13H18BrFN2/c14-10-6-3-7-11(15)13(10)12(17-16)8-9-4-1-2-5-9/h3,6-7,9,12,17H,1-2,4-5,8,16H2. The number of halogens is 2. The predicted molar refractivity (Wildman–Crippen MR) is 70.7 cm³/mol. The highest BCUT2D eigenvalue weighted by molar-refractivity contribution is 9.10. The first kappa shape index (κ1) is 13.0. The summed E-state index contributed by atoms with van der Waals surface area (Å²) in [6.07, 6.45) is 5.98. The third kappa shape index (κ3) is 3.06. The van der Waals surface area contributed by atoms with E-state index >= 15 is 0 Å². The second kappa shape index (κ2) is 5.94. The highest BCUT2D eigenvalue weighted by atomic mass is 79.9. The third-order valence-corrected chi connectivity index (χ3v) is 4.28. The second-order valence-corrected chi connectivity index (χ2v) is 5.60. The summed E-state index contributed by atoms with van der Waals surface area (Å²) in [5.74, 6) is 6.06. The number of nitrogens with one attached hydrogen (secondary N) is 1. The smallest absolute Gasteiger partial charge is 0.129 e. The number of hydrogen-bond donors (Lipinski definition) is 2. The Balaban J connectivity index is 2.16. The molecule has 1 saturated carbocycles. The van der Waals surface area contributed by atoms with Gasteiger partial charge in [0.1, 0.15) is 5.82 Å². The van der Waals surface area contributed by atoms with E-state index in [0.29, 0.717) is 11.5 Å². The van der Waals surface area contributed by atoms with Gasteiger partial charge in [0.05, 0.1) is 6.04 Å². The molecule has 0 aliphatic heterocycles. The van der Waals surface area contributed by atoms with E-state index in [2.05, 4.69) is 21.4 Å². The Morgan fingerprint density at radius 2 is 2.12 bits per heavy atom. The van der Waals surface area contributed by atoms with E-state index in [1.807, 2.05) is 6.07 Å². The monoisotopic (exact) mass is 300 g/mol. The first-order valence-electron chi connectivity index (χ1n) is 6.12. The minimum atomic E-state index is -0.194. The van der Waals surface area contributed by atoms with Crippen LogP contribution in [0.1, 0.15) is 43.7 Å². The van der Waals surface area contributed by atoms with Crippen molar-refractivity contribution >= 4 is 15.9 Å². The summed E-state index contributed by atoms with van der Waals surface area (Å²) in [6, 6.07) is 4.94. The molecule has 2 rings (SSSR count). The molecule has 0 heterocycles. The number of hydrazine groups is 1. The Labute approximate surface area is 110 Å². The number of rotatable bonds is 4. The van der Waals surface area contributed by atoms with Crippen molar-refractivity contribution in [2.24, 2.45) is 11.8 Å². The summed E-state index contributed by atoms with van der Waals surface area (Å²) < 4.78 is 14.6. The maximum atomic E-state index is 13.8. The summed E-state index contributed by atoms with van der Waals surface area (Å²) in [6.45, 7) is 0. The molecule has 0 saturated heterocycles. The molecule has 1 aromatic rings.